The zero-order valence-electron chi connectivity index (χ0n) is 39.6. The van der Waals surface area contributed by atoms with E-state index in [1.165, 1.54) is 18.2 Å². The number of nitrogens with one attached hydrogen (secondary N) is 5. The van der Waals surface area contributed by atoms with Crippen LogP contribution >= 0.6 is 11.8 Å². The molecule has 2 amide bonds. The number of amides is 2. The third-order valence-corrected chi connectivity index (χ3v) is 12.7. The number of fused-ring (bicyclic) bond motifs is 2. The summed E-state index contributed by atoms with van der Waals surface area (Å²) in [6.45, 7) is 8.56. The van der Waals surface area contributed by atoms with Gasteiger partial charge in [0.15, 0.2) is 11.5 Å². The summed E-state index contributed by atoms with van der Waals surface area (Å²) in [6.07, 6.45) is 1.63. The number of allylic oxidation sites excluding steroid dienone is 1. The number of benzene rings is 4. The number of hydrogen-bond donors (Lipinski definition) is 7. The van der Waals surface area contributed by atoms with Gasteiger partial charge in [0.1, 0.15) is 29.4 Å². The van der Waals surface area contributed by atoms with Gasteiger partial charge in [0.2, 0.25) is 5.78 Å². The van der Waals surface area contributed by atoms with Crippen molar-refractivity contribution in [1.29, 1.82) is 0 Å². The Labute approximate surface area is 417 Å². The maximum Gasteiger partial charge on any atom is 0.344 e. The number of carbonyl (C=O) groups is 3. The minimum Gasteiger partial charge on any atom is -0.504 e. The van der Waals surface area contributed by atoms with Crippen LogP contribution in [-0.2, 0) is 28.5 Å². The second kappa shape index (κ2) is 24.6. The number of phenolic OH excluding ortho intramolecular Hbond substituents is 1. The highest BCUT2D eigenvalue weighted by atomic mass is 32.2. The van der Waals surface area contributed by atoms with Gasteiger partial charge in [-0.25, -0.2) is 19.0 Å². The summed E-state index contributed by atoms with van der Waals surface area (Å²) in [6, 6.07) is 23.9. The number of carbonyl (C=O) groups excluding carboxylic acids is 3. The van der Waals surface area contributed by atoms with Gasteiger partial charge < -0.3 is 65.3 Å². The maximum absolute atomic E-state index is 14.6. The Morgan fingerprint density at radius 1 is 0.847 bits per heavy atom. The molecule has 0 atom stereocenters. The summed E-state index contributed by atoms with van der Waals surface area (Å²) < 4.78 is 42.3. The molecule has 0 bridgehead atoms. The molecule has 0 saturated carbocycles. The van der Waals surface area contributed by atoms with E-state index in [1.807, 2.05) is 48.5 Å². The van der Waals surface area contributed by atoms with E-state index in [9.17, 15) is 28.7 Å². The molecular formula is C51H56FN9O10S. The Morgan fingerprint density at radius 2 is 1.58 bits per heavy atom. The first-order valence-electron chi connectivity index (χ1n) is 23.5. The minimum atomic E-state index is -0.705. The van der Waals surface area contributed by atoms with E-state index in [1.54, 1.807) is 31.2 Å². The van der Waals surface area contributed by atoms with Gasteiger partial charge in [-0.05, 0) is 73.2 Å². The number of anilines is 3. The van der Waals surface area contributed by atoms with Crippen molar-refractivity contribution >= 4 is 74.6 Å². The number of phenols is 1. The van der Waals surface area contributed by atoms with Gasteiger partial charge in [0.05, 0.1) is 83.8 Å². The second-order valence-corrected chi connectivity index (χ2v) is 17.5. The van der Waals surface area contributed by atoms with E-state index in [4.69, 9.17) is 29.4 Å². The SMILES string of the molecule is CCOC(=O)C1=C(Nc2ccccc2)S/C(=C\c2ccc(O)c(OCCOCCOCCOCCNC(=O)NCCN3CCN(c4ccc5[nH]c(-c6c(N)c7c(F)cccc7[nH]c6=O)nc5c4)CC3)c2)C1=O. The maximum atomic E-state index is 14.6. The number of ketones is 1. The predicted octanol–water partition coefficient (Wildman–Crippen LogP) is 5.59. The fourth-order valence-electron chi connectivity index (χ4n) is 8.03. The first-order valence-corrected chi connectivity index (χ1v) is 24.3. The first-order chi connectivity index (χ1) is 35.1. The number of Topliss-reactive ketones (excluding diaryl/α,β-unsaturated/α-hetero) is 1. The number of para-hydroxylation sites is 1. The van der Waals surface area contributed by atoms with Crippen molar-refractivity contribution in [2.75, 3.05) is 115 Å². The van der Waals surface area contributed by atoms with Gasteiger partial charge in [-0.15, -0.1) is 0 Å². The molecule has 1 saturated heterocycles. The van der Waals surface area contributed by atoms with Crippen molar-refractivity contribution in [3.63, 3.8) is 0 Å². The Bertz CT molecular complexity index is 3010. The van der Waals surface area contributed by atoms with Crippen LogP contribution in [0, 0.1) is 5.82 Å². The standard InChI is InChI=1S/C51H56FN9O10S/c1-2-70-50(65)44-46(63)41(72-49(44)56-33-7-4-3-5-8-33)30-32-11-14-39(62)40(29-32)71-28-27-69-26-25-68-24-23-67-22-16-55-51(66)54-15-17-60-18-20-61(21-19-60)34-12-13-36-38(31-34)58-47(57-36)43-45(53)42-35(52)9-6-10-37(42)59-48(43)64/h3-14,29-31,56,62H,2,15-28H2,1H3,(H,57,58)(H3,53,59,64)(H2,54,55,66)/b41-30-. The molecule has 21 heteroatoms. The molecule has 2 aliphatic rings. The Balaban J connectivity index is 0.649. The number of ether oxygens (including phenoxy) is 5. The van der Waals surface area contributed by atoms with E-state index in [-0.39, 0.29) is 65.4 Å². The molecule has 1 fully saturated rings. The van der Waals surface area contributed by atoms with Crippen LogP contribution in [0.3, 0.4) is 0 Å². The molecule has 4 aromatic carbocycles. The molecule has 378 valence electrons. The summed E-state index contributed by atoms with van der Waals surface area (Å²) >= 11 is 1.13. The molecule has 6 aromatic rings. The number of aromatic amines is 2. The first kappa shape index (κ1) is 50.9. The number of esters is 1. The lowest BCUT2D eigenvalue weighted by Gasteiger charge is -2.36. The number of aromatic nitrogens is 3. The lowest BCUT2D eigenvalue weighted by molar-refractivity contribution is -0.139. The number of aromatic hydroxyl groups is 1. The summed E-state index contributed by atoms with van der Waals surface area (Å²) in [7, 11) is 0. The number of piperazine rings is 1. The number of hydrogen-bond acceptors (Lipinski definition) is 16. The third kappa shape index (κ3) is 12.9. The highest BCUT2D eigenvalue weighted by Crippen LogP contribution is 2.41. The Morgan fingerprint density at radius 3 is 2.35 bits per heavy atom. The summed E-state index contributed by atoms with van der Waals surface area (Å²) in [4.78, 5) is 66.8. The second-order valence-electron chi connectivity index (χ2n) is 16.5. The number of H-pyrrole nitrogens is 2. The highest BCUT2D eigenvalue weighted by Gasteiger charge is 2.35. The molecule has 2 aromatic heterocycles. The number of nitrogens with two attached hydrogens (primary N) is 1. The van der Waals surface area contributed by atoms with Crippen LogP contribution in [0.2, 0.25) is 0 Å². The van der Waals surface area contributed by atoms with Gasteiger partial charge >= 0.3 is 12.0 Å². The molecule has 0 aliphatic carbocycles. The van der Waals surface area contributed by atoms with Crippen molar-refractivity contribution in [2.24, 2.45) is 0 Å². The lowest BCUT2D eigenvalue weighted by Crippen LogP contribution is -2.49. The van der Waals surface area contributed by atoms with Crippen molar-refractivity contribution in [2.45, 2.75) is 6.92 Å². The van der Waals surface area contributed by atoms with Crippen LogP contribution in [0.15, 0.2) is 105 Å². The molecule has 0 unspecified atom stereocenters. The number of thioether (sulfide) groups is 1. The van der Waals surface area contributed by atoms with Crippen molar-refractivity contribution < 1.29 is 47.6 Å². The summed E-state index contributed by atoms with van der Waals surface area (Å²) in [5, 5.41) is 19.8. The van der Waals surface area contributed by atoms with Gasteiger partial charge in [-0.2, -0.15) is 0 Å². The van der Waals surface area contributed by atoms with E-state index < -0.39 is 23.1 Å². The number of imidazole rings is 1. The normalized spacial score (nSPS) is 14.7. The van der Waals surface area contributed by atoms with Crippen LogP contribution < -0.4 is 36.9 Å². The van der Waals surface area contributed by atoms with Crippen LogP contribution in [0.1, 0.15) is 12.5 Å². The summed E-state index contributed by atoms with van der Waals surface area (Å²) in [5.41, 5.74) is 9.91. The number of pyridine rings is 1. The van der Waals surface area contributed by atoms with E-state index in [0.29, 0.717) is 79.2 Å². The average molecular weight is 1010 g/mol. The van der Waals surface area contributed by atoms with Gasteiger partial charge in [0.25, 0.3) is 5.56 Å². The Hall–Kier alpha value is -7.43. The van der Waals surface area contributed by atoms with Crippen LogP contribution in [0.5, 0.6) is 11.5 Å². The van der Waals surface area contributed by atoms with Crippen molar-refractivity contribution in [3.05, 3.63) is 122 Å². The summed E-state index contributed by atoms with van der Waals surface area (Å²) in [5.74, 6) is -1.29. The van der Waals surface area contributed by atoms with Crippen molar-refractivity contribution in [3.8, 4) is 22.9 Å². The molecule has 72 heavy (non-hydrogen) atoms. The predicted molar refractivity (Wildman–Crippen MR) is 274 cm³/mol. The topological polar surface area (TPSA) is 248 Å². The molecule has 19 nitrogen and oxygen atoms in total. The number of nitrogen functional groups attached to an aromatic ring is 1. The molecule has 8 rings (SSSR count). The lowest BCUT2D eigenvalue weighted by atomic mass is 10.1. The smallest absolute Gasteiger partial charge is 0.344 e. The van der Waals surface area contributed by atoms with Gasteiger partial charge in [-0.3, -0.25) is 14.5 Å². The zero-order chi connectivity index (χ0) is 50.4. The highest BCUT2D eigenvalue weighted by molar-refractivity contribution is 8.08. The van der Waals surface area contributed by atoms with Crippen molar-refractivity contribution in [1.82, 2.24) is 30.5 Å². The molecule has 0 spiro atoms. The third-order valence-electron chi connectivity index (χ3n) is 11.6. The Kier molecular flexibility index (Phi) is 17.4. The largest absolute Gasteiger partial charge is 0.504 e. The number of urea groups is 1. The van der Waals surface area contributed by atoms with Gasteiger partial charge in [0, 0.05) is 57.2 Å². The van der Waals surface area contributed by atoms with Crippen LogP contribution in [0.4, 0.5) is 26.2 Å². The van der Waals surface area contributed by atoms with Gasteiger partial charge in [-0.1, -0.05) is 42.1 Å². The monoisotopic (exact) mass is 1010 g/mol. The average Bonchev–Trinajstić information content (AvgIpc) is 3.93. The van der Waals surface area contributed by atoms with Crippen LogP contribution in [-0.4, -0.2) is 141 Å². The molecule has 8 N–H and O–H groups in total. The quantitative estimate of drug-likeness (QED) is 0.0179. The molecule has 2 aliphatic heterocycles. The number of nitrogens with zero attached hydrogens (tertiary/aromatic N) is 3. The fourth-order valence-corrected chi connectivity index (χ4v) is 9.09. The fraction of sp³-hybridized carbons (Fsp3) is 0.314. The zero-order valence-corrected chi connectivity index (χ0v) is 40.4. The van der Waals surface area contributed by atoms with Crippen LogP contribution in [0.25, 0.3) is 39.4 Å². The minimum absolute atomic E-state index is 0.0310. The number of rotatable bonds is 23. The van der Waals surface area contributed by atoms with E-state index in [0.717, 1.165) is 54.8 Å². The molecule has 4 heterocycles. The number of halogens is 1. The molecular weight excluding hydrogens is 950 g/mol. The molecule has 0 radical (unpaired) electrons. The van der Waals surface area contributed by atoms with E-state index in [2.05, 4.69) is 40.7 Å². The van der Waals surface area contributed by atoms with E-state index >= 15 is 0 Å².